The fourth-order valence-electron chi connectivity index (χ4n) is 2.35. The fourth-order valence-corrected chi connectivity index (χ4v) is 2.51. The molecule has 1 heterocycles. The molecule has 1 aliphatic rings. The molecule has 1 saturated heterocycles. The number of nitrogens with one attached hydrogen (secondary N) is 1. The summed E-state index contributed by atoms with van der Waals surface area (Å²) in [5, 5.41) is 12.9. The molecule has 2 rings (SSSR count). The molecule has 4 nitrogen and oxygen atoms in total. The van der Waals surface area contributed by atoms with Crippen molar-refractivity contribution in [1.82, 2.24) is 5.32 Å². The first kappa shape index (κ1) is 13.2. The van der Waals surface area contributed by atoms with Crippen molar-refractivity contribution in [2.45, 2.75) is 26.0 Å². The molecule has 1 aliphatic heterocycles. The molecule has 98 valence electrons. The predicted octanol–water partition coefficient (Wildman–Crippen LogP) is 1.55. The van der Waals surface area contributed by atoms with Crippen molar-refractivity contribution < 1.29 is 9.90 Å². The third-order valence-corrected chi connectivity index (χ3v) is 3.48. The first-order chi connectivity index (χ1) is 8.67. The highest BCUT2D eigenvalue weighted by atomic mass is 35.5. The Bertz CT molecular complexity index is 451. The molecule has 5 heteroatoms. The van der Waals surface area contributed by atoms with Crippen LogP contribution in [0.1, 0.15) is 18.9 Å². The van der Waals surface area contributed by atoms with Gasteiger partial charge in [-0.1, -0.05) is 24.6 Å². The van der Waals surface area contributed by atoms with E-state index in [-0.39, 0.29) is 18.6 Å². The molecule has 1 aromatic carbocycles. The summed E-state index contributed by atoms with van der Waals surface area (Å²) < 4.78 is 0. The van der Waals surface area contributed by atoms with Crippen molar-refractivity contribution >= 4 is 23.2 Å². The zero-order valence-electron chi connectivity index (χ0n) is 10.3. The van der Waals surface area contributed by atoms with Gasteiger partial charge in [0, 0.05) is 29.4 Å². The van der Waals surface area contributed by atoms with Gasteiger partial charge in [0.05, 0.1) is 6.61 Å². The number of amides is 1. The summed E-state index contributed by atoms with van der Waals surface area (Å²) in [7, 11) is 0. The number of piperazine rings is 1. The van der Waals surface area contributed by atoms with Crippen LogP contribution in [0.25, 0.3) is 0 Å². The highest BCUT2D eigenvalue weighted by Crippen LogP contribution is 2.28. The van der Waals surface area contributed by atoms with E-state index >= 15 is 0 Å². The normalized spacial score (nSPS) is 19.8. The van der Waals surface area contributed by atoms with E-state index < -0.39 is 0 Å². The predicted molar refractivity (Wildman–Crippen MR) is 71.8 cm³/mol. The Morgan fingerprint density at radius 2 is 2.33 bits per heavy atom. The Labute approximate surface area is 112 Å². The van der Waals surface area contributed by atoms with Crippen LogP contribution in [0.4, 0.5) is 5.69 Å². The van der Waals surface area contributed by atoms with Crippen LogP contribution in [0, 0.1) is 0 Å². The Balaban J connectivity index is 2.39. The first-order valence-corrected chi connectivity index (χ1v) is 6.48. The minimum atomic E-state index is -0.192. The number of aliphatic hydroxyl groups is 1. The number of carbonyl (C=O) groups excluding carboxylic acids is 1. The molecular formula is C13H17ClN2O2. The maximum atomic E-state index is 11.8. The number of halogens is 1. The highest BCUT2D eigenvalue weighted by molar-refractivity contribution is 6.30. The van der Waals surface area contributed by atoms with E-state index in [9.17, 15) is 9.90 Å². The van der Waals surface area contributed by atoms with Gasteiger partial charge in [-0.05, 0) is 18.6 Å². The fraction of sp³-hybridized carbons (Fsp3) is 0.462. The molecular weight excluding hydrogens is 252 g/mol. The Hall–Kier alpha value is -1.26. The van der Waals surface area contributed by atoms with Gasteiger partial charge in [-0.2, -0.15) is 0 Å². The van der Waals surface area contributed by atoms with Gasteiger partial charge in [0.15, 0.2) is 0 Å². The number of benzene rings is 1. The Morgan fingerprint density at radius 3 is 3.00 bits per heavy atom. The van der Waals surface area contributed by atoms with Gasteiger partial charge in [0.2, 0.25) is 5.91 Å². The Kier molecular flexibility index (Phi) is 4.09. The van der Waals surface area contributed by atoms with E-state index in [0.29, 0.717) is 11.6 Å². The van der Waals surface area contributed by atoms with Gasteiger partial charge in [-0.25, -0.2) is 0 Å². The van der Waals surface area contributed by atoms with Crippen molar-refractivity contribution in [2.24, 2.45) is 0 Å². The van der Waals surface area contributed by atoms with Crippen molar-refractivity contribution in [2.75, 3.05) is 18.0 Å². The van der Waals surface area contributed by atoms with Crippen LogP contribution >= 0.6 is 11.6 Å². The van der Waals surface area contributed by atoms with Crippen molar-refractivity contribution in [1.29, 1.82) is 0 Å². The molecule has 0 aromatic heterocycles. The van der Waals surface area contributed by atoms with E-state index in [1.807, 2.05) is 17.9 Å². The minimum absolute atomic E-state index is 0.0348. The summed E-state index contributed by atoms with van der Waals surface area (Å²) >= 11 is 6.01. The molecule has 2 N–H and O–H groups in total. The zero-order chi connectivity index (χ0) is 13.1. The zero-order valence-corrected chi connectivity index (χ0v) is 11.1. The van der Waals surface area contributed by atoms with Crippen LogP contribution in [-0.4, -0.2) is 30.1 Å². The first-order valence-electron chi connectivity index (χ1n) is 6.11. The average Bonchev–Trinajstić information content (AvgIpc) is 2.38. The van der Waals surface area contributed by atoms with Gasteiger partial charge in [0.25, 0.3) is 0 Å². The van der Waals surface area contributed by atoms with Crippen LogP contribution in [0.5, 0.6) is 0 Å². The van der Waals surface area contributed by atoms with E-state index in [4.69, 9.17) is 11.6 Å². The van der Waals surface area contributed by atoms with Gasteiger partial charge in [-0.3, -0.25) is 4.79 Å². The van der Waals surface area contributed by atoms with Crippen LogP contribution in [0.3, 0.4) is 0 Å². The average molecular weight is 269 g/mol. The Morgan fingerprint density at radius 1 is 1.56 bits per heavy atom. The van der Waals surface area contributed by atoms with Gasteiger partial charge in [0.1, 0.15) is 6.04 Å². The van der Waals surface area contributed by atoms with Gasteiger partial charge in [-0.15, -0.1) is 0 Å². The lowest BCUT2D eigenvalue weighted by molar-refractivity contribution is -0.123. The number of anilines is 1. The smallest absolute Gasteiger partial charge is 0.242 e. The molecule has 1 atom stereocenters. The second-order valence-electron chi connectivity index (χ2n) is 4.34. The minimum Gasteiger partial charge on any atom is -0.392 e. The lowest BCUT2D eigenvalue weighted by atomic mass is 10.1. The molecule has 0 radical (unpaired) electrons. The number of carbonyl (C=O) groups is 1. The van der Waals surface area contributed by atoms with Crippen LogP contribution in [0.2, 0.25) is 5.02 Å². The van der Waals surface area contributed by atoms with Gasteiger partial charge >= 0.3 is 0 Å². The largest absolute Gasteiger partial charge is 0.392 e. The van der Waals surface area contributed by atoms with Gasteiger partial charge < -0.3 is 15.3 Å². The lowest BCUT2D eigenvalue weighted by Crippen LogP contribution is -2.55. The van der Waals surface area contributed by atoms with Crippen LogP contribution < -0.4 is 10.2 Å². The number of hydrogen-bond acceptors (Lipinski definition) is 3. The summed E-state index contributed by atoms with van der Waals surface area (Å²) in [4.78, 5) is 13.9. The second-order valence-corrected chi connectivity index (χ2v) is 4.78. The molecule has 0 saturated carbocycles. The SMILES string of the molecule is CCC1C(=O)NCCN1c1cc(Cl)ccc1CO. The molecule has 1 amide bonds. The number of rotatable bonds is 3. The lowest BCUT2D eigenvalue weighted by Gasteiger charge is -2.37. The molecule has 0 bridgehead atoms. The van der Waals surface area contributed by atoms with Crippen molar-refractivity contribution in [3.05, 3.63) is 28.8 Å². The van der Waals surface area contributed by atoms with Crippen molar-refractivity contribution in [3.63, 3.8) is 0 Å². The molecule has 18 heavy (non-hydrogen) atoms. The number of nitrogens with zero attached hydrogens (tertiary/aromatic N) is 1. The van der Waals surface area contributed by atoms with E-state index in [0.717, 1.165) is 24.2 Å². The van der Waals surface area contributed by atoms with E-state index in [1.54, 1.807) is 12.1 Å². The molecule has 0 aliphatic carbocycles. The van der Waals surface area contributed by atoms with Crippen LogP contribution in [0.15, 0.2) is 18.2 Å². The molecule has 1 fully saturated rings. The third-order valence-electron chi connectivity index (χ3n) is 3.24. The maximum Gasteiger partial charge on any atom is 0.242 e. The highest BCUT2D eigenvalue weighted by Gasteiger charge is 2.29. The maximum absolute atomic E-state index is 11.8. The molecule has 0 spiro atoms. The van der Waals surface area contributed by atoms with E-state index in [1.165, 1.54) is 0 Å². The summed E-state index contributed by atoms with van der Waals surface area (Å²) in [5.41, 5.74) is 1.65. The summed E-state index contributed by atoms with van der Waals surface area (Å²) in [6.45, 7) is 3.27. The third kappa shape index (κ3) is 2.44. The van der Waals surface area contributed by atoms with E-state index in [2.05, 4.69) is 5.32 Å². The quantitative estimate of drug-likeness (QED) is 0.875. The van der Waals surface area contributed by atoms with Crippen molar-refractivity contribution in [3.8, 4) is 0 Å². The molecule has 1 aromatic rings. The summed E-state index contributed by atoms with van der Waals surface area (Å²) in [6.07, 6.45) is 0.725. The summed E-state index contributed by atoms with van der Waals surface area (Å²) in [5.74, 6) is 0.0348. The topological polar surface area (TPSA) is 52.6 Å². The number of hydrogen-bond donors (Lipinski definition) is 2. The summed E-state index contributed by atoms with van der Waals surface area (Å²) in [6, 6.07) is 5.18. The second kappa shape index (κ2) is 5.59. The van der Waals surface area contributed by atoms with Crippen LogP contribution in [-0.2, 0) is 11.4 Å². The number of aliphatic hydroxyl groups excluding tert-OH is 1. The standard InChI is InChI=1S/C13H17ClN2O2/c1-2-11-13(18)15-5-6-16(11)12-7-10(14)4-3-9(12)8-17/h3-4,7,11,17H,2,5-6,8H2,1H3,(H,15,18). The molecule has 1 unspecified atom stereocenters. The monoisotopic (exact) mass is 268 g/mol.